The van der Waals surface area contributed by atoms with E-state index in [4.69, 9.17) is 23.2 Å². The van der Waals surface area contributed by atoms with Crippen LogP contribution in [0.2, 0.25) is 10.0 Å². The molecule has 5 heteroatoms. The summed E-state index contributed by atoms with van der Waals surface area (Å²) in [5.74, 6) is -1.37. The summed E-state index contributed by atoms with van der Waals surface area (Å²) in [6.45, 7) is 0. The van der Waals surface area contributed by atoms with Crippen LogP contribution in [0.5, 0.6) is 0 Å². The van der Waals surface area contributed by atoms with Crippen LogP contribution in [0.1, 0.15) is 11.1 Å². The minimum atomic E-state index is -0.403. The van der Waals surface area contributed by atoms with Crippen molar-refractivity contribution in [3.05, 3.63) is 118 Å². The number of amides is 2. The van der Waals surface area contributed by atoms with Gasteiger partial charge in [0.05, 0.1) is 27.6 Å². The number of hydrogen-bond donors (Lipinski definition) is 0. The average molecular weight is 472 g/mol. The van der Waals surface area contributed by atoms with E-state index < -0.39 is 11.8 Å². The molecule has 0 unspecified atom stereocenters. The van der Waals surface area contributed by atoms with E-state index >= 15 is 0 Å². The first-order chi connectivity index (χ1) is 16.1. The summed E-state index contributed by atoms with van der Waals surface area (Å²) in [7, 11) is 0. The van der Waals surface area contributed by atoms with Crippen molar-refractivity contribution in [2.75, 3.05) is 4.90 Å². The van der Waals surface area contributed by atoms with Gasteiger partial charge in [-0.2, -0.15) is 0 Å². The van der Waals surface area contributed by atoms with Crippen molar-refractivity contribution in [2.24, 2.45) is 23.7 Å². The van der Waals surface area contributed by atoms with Gasteiger partial charge in [0.15, 0.2) is 0 Å². The zero-order chi connectivity index (χ0) is 22.7. The number of anilines is 1. The summed E-state index contributed by atoms with van der Waals surface area (Å²) >= 11 is 12.2. The van der Waals surface area contributed by atoms with Crippen molar-refractivity contribution in [3.8, 4) is 0 Å². The smallest absolute Gasteiger partial charge is 0.238 e. The first-order valence-electron chi connectivity index (χ1n) is 10.9. The van der Waals surface area contributed by atoms with Gasteiger partial charge in [0.2, 0.25) is 11.8 Å². The highest BCUT2D eigenvalue weighted by atomic mass is 35.5. The van der Waals surface area contributed by atoms with Crippen LogP contribution in [0.15, 0.2) is 96.6 Å². The lowest BCUT2D eigenvalue weighted by molar-refractivity contribution is -0.122. The number of benzene rings is 3. The molecule has 4 atom stereocenters. The lowest BCUT2D eigenvalue weighted by Crippen LogP contribution is -2.33. The normalized spacial score (nSPS) is 25.2. The number of nitrogens with zero attached hydrogens (tertiary/aromatic N) is 1. The number of hydrogen-bond acceptors (Lipinski definition) is 2. The standard InChI is InChI=1S/C28H19Cl2NO2/c29-21-14-11-18(15-22(21)30)31-27(32)25-19-12-13-20(26(25)28(31)33)24(19)23(16-7-3-1-4-8-16)17-9-5-2-6-10-17/h1-15,19-20,25-26H/t19-,20-,25-,26+/m0/s1. The molecule has 3 nitrogen and oxygen atoms in total. The molecule has 33 heavy (non-hydrogen) atoms. The van der Waals surface area contributed by atoms with Gasteiger partial charge in [0.1, 0.15) is 0 Å². The third kappa shape index (κ3) is 3.03. The van der Waals surface area contributed by atoms with Crippen molar-refractivity contribution in [3.63, 3.8) is 0 Å². The summed E-state index contributed by atoms with van der Waals surface area (Å²) in [5, 5.41) is 0.714. The lowest BCUT2D eigenvalue weighted by atomic mass is 9.85. The van der Waals surface area contributed by atoms with E-state index in [9.17, 15) is 9.59 Å². The monoisotopic (exact) mass is 471 g/mol. The van der Waals surface area contributed by atoms with Gasteiger partial charge in [-0.3, -0.25) is 9.59 Å². The maximum Gasteiger partial charge on any atom is 0.238 e. The van der Waals surface area contributed by atoms with Crippen LogP contribution in [0.4, 0.5) is 5.69 Å². The molecule has 3 aromatic carbocycles. The first kappa shape index (κ1) is 20.5. The first-order valence-corrected chi connectivity index (χ1v) is 11.7. The van der Waals surface area contributed by atoms with E-state index in [-0.39, 0.29) is 23.7 Å². The summed E-state index contributed by atoms with van der Waals surface area (Å²) in [4.78, 5) is 28.5. The largest absolute Gasteiger partial charge is 0.274 e. The van der Waals surface area contributed by atoms with E-state index in [1.807, 2.05) is 36.4 Å². The molecule has 3 aliphatic rings. The molecule has 2 bridgehead atoms. The average Bonchev–Trinajstić information content (AvgIpc) is 3.47. The number of rotatable bonds is 3. The Morgan fingerprint density at radius 3 is 1.67 bits per heavy atom. The number of fused-ring (bicyclic) bond motifs is 5. The molecule has 0 radical (unpaired) electrons. The Balaban J connectivity index is 1.48. The van der Waals surface area contributed by atoms with Gasteiger partial charge in [0.25, 0.3) is 0 Å². The van der Waals surface area contributed by atoms with Gasteiger partial charge in [-0.1, -0.05) is 96.0 Å². The number of allylic oxidation sites excluding steroid dienone is 3. The fraction of sp³-hybridized carbons (Fsp3) is 0.143. The van der Waals surface area contributed by atoms with E-state index in [2.05, 4.69) is 36.4 Å². The fourth-order valence-corrected chi connectivity index (χ4v) is 5.98. The number of imide groups is 1. The van der Waals surface area contributed by atoms with Gasteiger partial charge >= 0.3 is 0 Å². The van der Waals surface area contributed by atoms with E-state index in [1.54, 1.807) is 18.2 Å². The molecule has 2 amide bonds. The predicted octanol–water partition coefficient (Wildman–Crippen LogP) is 6.42. The predicted molar refractivity (Wildman–Crippen MR) is 131 cm³/mol. The van der Waals surface area contributed by atoms with Crippen molar-refractivity contribution >= 4 is 46.3 Å². The quantitative estimate of drug-likeness (QED) is 0.326. The number of carbonyl (C=O) groups excluding carboxylic acids is 2. The Morgan fingerprint density at radius 1 is 0.667 bits per heavy atom. The maximum absolute atomic E-state index is 13.6. The highest BCUT2D eigenvalue weighted by molar-refractivity contribution is 6.42. The van der Waals surface area contributed by atoms with Crippen LogP contribution in [-0.4, -0.2) is 11.8 Å². The molecule has 3 aromatic rings. The summed E-state index contributed by atoms with van der Waals surface area (Å²) in [5.41, 5.74) is 4.95. The number of carbonyl (C=O) groups is 2. The van der Waals surface area contributed by atoms with E-state index in [0.29, 0.717) is 15.7 Å². The van der Waals surface area contributed by atoms with Crippen LogP contribution in [0.3, 0.4) is 0 Å². The number of halogens is 2. The molecule has 162 valence electrons. The van der Waals surface area contributed by atoms with Crippen LogP contribution in [0, 0.1) is 23.7 Å². The van der Waals surface area contributed by atoms with E-state index in [0.717, 1.165) is 22.3 Å². The Labute approximate surface area is 201 Å². The van der Waals surface area contributed by atoms with Gasteiger partial charge < -0.3 is 0 Å². The van der Waals surface area contributed by atoms with Crippen LogP contribution < -0.4 is 4.90 Å². The Bertz CT molecular complexity index is 1270. The van der Waals surface area contributed by atoms with Gasteiger partial charge in [-0.25, -0.2) is 4.90 Å². The Morgan fingerprint density at radius 2 is 1.18 bits per heavy atom. The van der Waals surface area contributed by atoms with Gasteiger partial charge in [0, 0.05) is 11.8 Å². The Hall–Kier alpha value is -3.14. The molecule has 1 heterocycles. The molecule has 1 aliphatic heterocycles. The zero-order valence-electron chi connectivity index (χ0n) is 17.5. The molecular weight excluding hydrogens is 453 g/mol. The summed E-state index contributed by atoms with van der Waals surface area (Å²) in [6.07, 6.45) is 4.22. The van der Waals surface area contributed by atoms with Gasteiger partial charge in [-0.05, 0) is 40.5 Å². The highest BCUT2D eigenvalue weighted by Gasteiger charge is 2.62. The molecule has 2 fully saturated rings. The summed E-state index contributed by atoms with van der Waals surface area (Å²) < 4.78 is 0. The zero-order valence-corrected chi connectivity index (χ0v) is 19.0. The molecule has 0 aromatic heterocycles. The minimum Gasteiger partial charge on any atom is -0.274 e. The van der Waals surface area contributed by atoms with Gasteiger partial charge in [-0.15, -0.1) is 0 Å². The third-order valence-electron chi connectivity index (χ3n) is 6.99. The van der Waals surface area contributed by atoms with Crippen molar-refractivity contribution < 1.29 is 9.59 Å². The third-order valence-corrected chi connectivity index (χ3v) is 7.73. The van der Waals surface area contributed by atoms with Crippen molar-refractivity contribution in [1.29, 1.82) is 0 Å². The second-order valence-electron chi connectivity index (χ2n) is 8.66. The van der Waals surface area contributed by atoms with Crippen molar-refractivity contribution in [1.82, 2.24) is 0 Å². The second-order valence-corrected chi connectivity index (χ2v) is 9.48. The minimum absolute atomic E-state index is 0.111. The fourth-order valence-electron chi connectivity index (χ4n) is 5.68. The molecule has 6 rings (SSSR count). The van der Waals surface area contributed by atoms with Crippen molar-refractivity contribution in [2.45, 2.75) is 0 Å². The molecular formula is C28H19Cl2NO2. The molecule has 0 spiro atoms. The molecule has 1 saturated carbocycles. The highest BCUT2D eigenvalue weighted by Crippen LogP contribution is 2.59. The topological polar surface area (TPSA) is 37.4 Å². The van der Waals surface area contributed by atoms with E-state index in [1.165, 1.54) is 4.90 Å². The van der Waals surface area contributed by atoms with Crippen LogP contribution in [-0.2, 0) is 9.59 Å². The second kappa shape index (κ2) is 7.72. The lowest BCUT2D eigenvalue weighted by Gasteiger charge is -2.22. The van der Waals surface area contributed by atoms with Crippen LogP contribution >= 0.6 is 23.2 Å². The van der Waals surface area contributed by atoms with Crippen LogP contribution in [0.25, 0.3) is 5.57 Å². The Kier molecular flexibility index (Phi) is 4.79. The maximum atomic E-state index is 13.6. The molecule has 1 saturated heterocycles. The SMILES string of the molecule is O=C1[C@@H]2[C@H](C(=O)N1c1ccc(Cl)c(Cl)c1)[C@H]1C=C[C@H]2C1=C(c1ccccc1)c1ccccc1. The molecule has 0 N–H and O–H groups in total. The summed E-state index contributed by atoms with van der Waals surface area (Å²) in [6, 6.07) is 25.3. The molecule has 2 aliphatic carbocycles.